The van der Waals surface area contributed by atoms with Crippen LogP contribution in [0.1, 0.15) is 76.2 Å². The smallest absolute Gasteiger partial charge is 0.240 e. The van der Waals surface area contributed by atoms with Gasteiger partial charge in [-0.3, -0.25) is 9.48 Å². The Balaban J connectivity index is 1.10. The Bertz CT molecular complexity index is 1310. The lowest BCUT2D eigenvalue weighted by Crippen LogP contribution is -2.55. The quantitative estimate of drug-likeness (QED) is 0.258. The highest BCUT2D eigenvalue weighted by molar-refractivity contribution is 6.30. The van der Waals surface area contributed by atoms with Crippen molar-refractivity contribution in [3.63, 3.8) is 0 Å². The van der Waals surface area contributed by atoms with Crippen LogP contribution in [0.25, 0.3) is 0 Å². The Morgan fingerprint density at radius 2 is 1.61 bits per heavy atom. The van der Waals surface area contributed by atoms with Crippen molar-refractivity contribution in [3.05, 3.63) is 77.6 Å². The zero-order valence-electron chi connectivity index (χ0n) is 25.6. The van der Waals surface area contributed by atoms with E-state index in [0.717, 1.165) is 69.4 Å². The molecule has 1 aromatic heterocycles. The number of nitrogens with one attached hydrogen (secondary N) is 2. The van der Waals surface area contributed by atoms with Gasteiger partial charge in [0.25, 0.3) is 0 Å². The Hall–Kier alpha value is -2.97. The number of amides is 1. The van der Waals surface area contributed by atoms with Gasteiger partial charge in [-0.1, -0.05) is 43.0 Å². The van der Waals surface area contributed by atoms with E-state index in [-0.39, 0.29) is 29.2 Å². The van der Waals surface area contributed by atoms with Gasteiger partial charge < -0.3 is 15.5 Å². The van der Waals surface area contributed by atoms with E-state index >= 15 is 0 Å². The van der Waals surface area contributed by atoms with Gasteiger partial charge in [-0.2, -0.15) is 5.10 Å². The SMILES string of the molecule is O=C([C@@H](Cc1ccc(Cl)cc1)N[C@H]1CC[C@H](Nc2ccc(F)cc2)CC1)N1CCC(Cn2cncn2)(C2CCCCC2)CC1. The summed E-state index contributed by atoms with van der Waals surface area (Å²) in [4.78, 5) is 20.6. The molecule has 1 amide bonds. The first kappa shape index (κ1) is 31.0. The summed E-state index contributed by atoms with van der Waals surface area (Å²) in [5.41, 5.74) is 2.24. The lowest BCUT2D eigenvalue weighted by atomic mass is 9.63. The number of carbonyl (C=O) groups excluding carboxylic acids is 1. The molecular formula is C35H46ClFN6O. The Kier molecular flexibility index (Phi) is 10.2. The molecule has 0 radical (unpaired) electrons. The number of halogens is 2. The third kappa shape index (κ3) is 7.81. The van der Waals surface area contributed by atoms with Crippen molar-refractivity contribution in [2.45, 2.75) is 102 Å². The average Bonchev–Trinajstić information content (AvgIpc) is 3.57. The number of anilines is 1. The van der Waals surface area contributed by atoms with Gasteiger partial charge in [0, 0.05) is 42.4 Å². The normalized spacial score (nSPS) is 23.3. The molecule has 7 nitrogen and oxygen atoms in total. The Morgan fingerprint density at radius 1 is 0.932 bits per heavy atom. The number of likely N-dealkylation sites (tertiary alicyclic amines) is 1. The number of aromatic nitrogens is 3. The molecule has 236 valence electrons. The number of rotatable bonds is 10. The molecule has 2 aromatic carbocycles. The molecule has 2 N–H and O–H groups in total. The molecule has 3 fully saturated rings. The monoisotopic (exact) mass is 620 g/mol. The maximum atomic E-state index is 14.2. The van der Waals surface area contributed by atoms with Crippen LogP contribution in [0, 0.1) is 17.2 Å². The third-order valence-electron chi connectivity index (χ3n) is 10.5. The summed E-state index contributed by atoms with van der Waals surface area (Å²) in [6.45, 7) is 2.47. The minimum atomic E-state index is -0.278. The fourth-order valence-corrected chi connectivity index (χ4v) is 8.11. The van der Waals surface area contributed by atoms with Crippen molar-refractivity contribution in [3.8, 4) is 0 Å². The second kappa shape index (κ2) is 14.4. The number of hydrogen-bond donors (Lipinski definition) is 2. The second-order valence-electron chi connectivity index (χ2n) is 13.4. The zero-order chi connectivity index (χ0) is 30.4. The molecule has 1 atom stereocenters. The van der Waals surface area contributed by atoms with E-state index in [1.165, 1.54) is 44.2 Å². The van der Waals surface area contributed by atoms with Crippen LogP contribution in [0.3, 0.4) is 0 Å². The predicted octanol–water partition coefficient (Wildman–Crippen LogP) is 6.88. The number of hydrogen-bond acceptors (Lipinski definition) is 5. The van der Waals surface area contributed by atoms with E-state index in [9.17, 15) is 9.18 Å². The molecule has 44 heavy (non-hydrogen) atoms. The molecule has 6 rings (SSSR count). The van der Waals surface area contributed by atoms with Crippen molar-refractivity contribution in [1.29, 1.82) is 0 Å². The van der Waals surface area contributed by atoms with E-state index in [1.54, 1.807) is 18.5 Å². The van der Waals surface area contributed by atoms with Crippen LogP contribution in [0.5, 0.6) is 0 Å². The van der Waals surface area contributed by atoms with E-state index in [1.807, 2.05) is 35.3 Å². The first-order valence-corrected chi connectivity index (χ1v) is 17.0. The molecule has 2 heterocycles. The summed E-state index contributed by atoms with van der Waals surface area (Å²) in [6.07, 6.45) is 16.7. The molecular weight excluding hydrogens is 575 g/mol. The van der Waals surface area contributed by atoms with Crippen molar-refractivity contribution in [1.82, 2.24) is 25.0 Å². The molecule has 9 heteroatoms. The van der Waals surface area contributed by atoms with Crippen LogP contribution in [0.2, 0.25) is 5.02 Å². The molecule has 1 saturated heterocycles. The Labute approximate surface area is 266 Å². The van der Waals surface area contributed by atoms with Crippen molar-refractivity contribution < 1.29 is 9.18 Å². The summed E-state index contributed by atoms with van der Waals surface area (Å²) in [5, 5.41) is 12.5. The fraction of sp³-hybridized carbons (Fsp3) is 0.571. The van der Waals surface area contributed by atoms with Gasteiger partial charge in [-0.25, -0.2) is 9.37 Å². The molecule has 2 aliphatic carbocycles. The van der Waals surface area contributed by atoms with Crippen LogP contribution in [0.15, 0.2) is 61.2 Å². The molecule has 0 bridgehead atoms. The van der Waals surface area contributed by atoms with Gasteiger partial charge in [-0.15, -0.1) is 0 Å². The van der Waals surface area contributed by atoms with E-state index in [0.29, 0.717) is 23.4 Å². The van der Waals surface area contributed by atoms with Gasteiger partial charge in [-0.05, 0) is 111 Å². The van der Waals surface area contributed by atoms with Gasteiger partial charge in [0.1, 0.15) is 18.5 Å². The molecule has 0 spiro atoms. The number of nitrogens with zero attached hydrogens (tertiary/aromatic N) is 4. The first-order chi connectivity index (χ1) is 21.5. The fourth-order valence-electron chi connectivity index (χ4n) is 7.98. The van der Waals surface area contributed by atoms with E-state index < -0.39 is 0 Å². The maximum absolute atomic E-state index is 14.2. The predicted molar refractivity (Wildman–Crippen MR) is 173 cm³/mol. The van der Waals surface area contributed by atoms with Crippen LogP contribution >= 0.6 is 11.6 Å². The highest BCUT2D eigenvalue weighted by atomic mass is 35.5. The van der Waals surface area contributed by atoms with Gasteiger partial charge in [0.2, 0.25) is 5.91 Å². The van der Waals surface area contributed by atoms with Crippen LogP contribution in [0.4, 0.5) is 10.1 Å². The largest absolute Gasteiger partial charge is 0.382 e. The number of carbonyl (C=O) groups is 1. The summed E-state index contributed by atoms with van der Waals surface area (Å²) < 4.78 is 15.3. The first-order valence-electron chi connectivity index (χ1n) is 16.6. The van der Waals surface area contributed by atoms with Crippen LogP contribution in [-0.4, -0.2) is 56.8 Å². The summed E-state index contributed by atoms with van der Waals surface area (Å²) in [7, 11) is 0. The highest BCUT2D eigenvalue weighted by Gasteiger charge is 2.44. The molecule has 3 aromatic rings. The zero-order valence-corrected chi connectivity index (χ0v) is 26.4. The number of benzene rings is 2. The van der Waals surface area contributed by atoms with Gasteiger partial charge in [0.05, 0.1) is 6.04 Å². The van der Waals surface area contributed by atoms with Crippen LogP contribution in [-0.2, 0) is 17.8 Å². The van der Waals surface area contributed by atoms with Crippen molar-refractivity contribution in [2.24, 2.45) is 11.3 Å². The molecule has 0 unspecified atom stereocenters. The third-order valence-corrected chi connectivity index (χ3v) is 10.8. The lowest BCUT2D eigenvalue weighted by Gasteiger charge is -2.48. The molecule has 1 aliphatic heterocycles. The van der Waals surface area contributed by atoms with Crippen LogP contribution < -0.4 is 10.6 Å². The Morgan fingerprint density at radius 3 is 2.27 bits per heavy atom. The van der Waals surface area contributed by atoms with Gasteiger partial charge >= 0.3 is 0 Å². The summed E-state index contributed by atoms with van der Waals surface area (Å²) >= 11 is 6.18. The van der Waals surface area contributed by atoms with E-state index in [2.05, 4.69) is 25.6 Å². The van der Waals surface area contributed by atoms with E-state index in [4.69, 9.17) is 11.6 Å². The standard InChI is InChI=1S/C35H46ClFN6O/c36-28-8-6-26(7-9-28)22-33(41-32-16-14-31(15-17-32)40-30-12-10-29(37)11-13-30)34(44)42-20-18-35(19-21-42,23-43-25-38-24-39-43)27-4-2-1-3-5-27/h6-13,24-25,27,31-33,40-41H,1-5,14-23H2/t31-,32-,33-/m1/s1. The minimum absolute atomic E-state index is 0.167. The number of piperidine rings is 1. The minimum Gasteiger partial charge on any atom is -0.382 e. The topological polar surface area (TPSA) is 75.1 Å². The lowest BCUT2D eigenvalue weighted by molar-refractivity contribution is -0.137. The molecule has 3 aliphatic rings. The second-order valence-corrected chi connectivity index (χ2v) is 13.8. The highest BCUT2D eigenvalue weighted by Crippen LogP contribution is 2.47. The average molecular weight is 621 g/mol. The molecule has 2 saturated carbocycles. The van der Waals surface area contributed by atoms with Crippen molar-refractivity contribution >= 4 is 23.2 Å². The maximum Gasteiger partial charge on any atom is 0.240 e. The van der Waals surface area contributed by atoms with Gasteiger partial charge in [0.15, 0.2) is 0 Å². The van der Waals surface area contributed by atoms with Crippen molar-refractivity contribution in [2.75, 3.05) is 18.4 Å². The summed E-state index contributed by atoms with van der Waals surface area (Å²) in [6, 6.07) is 14.8. The summed E-state index contributed by atoms with van der Waals surface area (Å²) in [5.74, 6) is 0.673.